The molecule has 0 unspecified atom stereocenters. The minimum absolute atomic E-state index is 0.378. The van der Waals surface area contributed by atoms with Crippen LogP contribution >= 0.6 is 11.6 Å². The highest BCUT2D eigenvalue weighted by molar-refractivity contribution is 6.32. The van der Waals surface area contributed by atoms with Gasteiger partial charge in [-0.3, -0.25) is 0 Å². The molecule has 2 aliphatic rings. The van der Waals surface area contributed by atoms with E-state index in [4.69, 9.17) is 21.1 Å². The molecule has 134 valence electrons. The molecule has 0 radical (unpaired) electrons. The average molecular weight is 355 g/mol. The lowest BCUT2D eigenvalue weighted by atomic mass is 10.2. The van der Waals surface area contributed by atoms with Gasteiger partial charge in [0.25, 0.3) is 5.88 Å². The molecule has 2 fully saturated rings. The first-order chi connectivity index (χ1) is 11.8. The van der Waals surface area contributed by atoms with Crippen LogP contribution in [-0.4, -0.2) is 49.9 Å². The van der Waals surface area contributed by atoms with E-state index in [2.05, 4.69) is 20.9 Å². The zero-order chi connectivity index (χ0) is 16.8. The van der Waals surface area contributed by atoms with Crippen LogP contribution in [0.2, 0.25) is 5.15 Å². The molecule has 1 aromatic rings. The molecule has 2 saturated heterocycles. The Morgan fingerprint density at radius 3 is 2.42 bits per heavy atom. The maximum Gasteiger partial charge on any atom is 0.258 e. The predicted octanol–water partition coefficient (Wildman–Crippen LogP) is 2.43. The second kappa shape index (κ2) is 8.74. The molecule has 0 bridgehead atoms. The Balaban J connectivity index is 1.68. The average Bonchev–Trinajstić information content (AvgIpc) is 3.27. The van der Waals surface area contributed by atoms with Crippen LogP contribution in [0, 0.1) is 0 Å². The quantitative estimate of drug-likeness (QED) is 0.623. The second-order valence-electron chi connectivity index (χ2n) is 6.37. The molecule has 0 spiro atoms. The molecule has 0 aliphatic carbocycles. The van der Waals surface area contributed by atoms with E-state index in [1.807, 2.05) is 13.0 Å². The van der Waals surface area contributed by atoms with Crippen molar-refractivity contribution in [3.63, 3.8) is 0 Å². The molecule has 1 aromatic heterocycles. The maximum absolute atomic E-state index is 6.27. The summed E-state index contributed by atoms with van der Waals surface area (Å²) in [6.45, 7) is 6.12. The van der Waals surface area contributed by atoms with E-state index >= 15 is 0 Å². The lowest BCUT2D eigenvalue weighted by Gasteiger charge is -2.18. The Labute approximate surface area is 148 Å². The van der Waals surface area contributed by atoms with Crippen molar-refractivity contribution in [2.24, 2.45) is 0 Å². The van der Waals surface area contributed by atoms with Crippen LogP contribution in [0.5, 0.6) is 11.6 Å². The molecule has 2 aliphatic heterocycles. The number of nitrogens with zero attached hydrogens (tertiary/aromatic N) is 1. The van der Waals surface area contributed by atoms with Crippen LogP contribution in [-0.2, 0) is 0 Å². The third-order valence-corrected chi connectivity index (χ3v) is 4.75. The molecule has 0 aromatic carbocycles. The van der Waals surface area contributed by atoms with Crippen LogP contribution in [0.3, 0.4) is 0 Å². The zero-order valence-electron chi connectivity index (χ0n) is 14.2. The highest BCUT2D eigenvalue weighted by Crippen LogP contribution is 2.33. The Bertz CT molecular complexity index is 532. The van der Waals surface area contributed by atoms with E-state index in [1.165, 1.54) is 12.8 Å². The topological polar surface area (TPSA) is 67.4 Å². The van der Waals surface area contributed by atoms with Gasteiger partial charge in [0.15, 0.2) is 10.9 Å². The third kappa shape index (κ3) is 4.65. The number of hydrogen-bond donors (Lipinski definition) is 3. The summed E-state index contributed by atoms with van der Waals surface area (Å²) in [6, 6.07) is 2.67. The third-order valence-electron chi connectivity index (χ3n) is 4.46. The summed E-state index contributed by atoms with van der Waals surface area (Å²) in [6.07, 6.45) is 4.67. The molecule has 24 heavy (non-hydrogen) atoms. The van der Waals surface area contributed by atoms with E-state index in [0.29, 0.717) is 42.1 Å². The van der Waals surface area contributed by atoms with Gasteiger partial charge in [0.1, 0.15) is 13.2 Å². The van der Waals surface area contributed by atoms with Gasteiger partial charge in [0, 0.05) is 24.7 Å². The van der Waals surface area contributed by atoms with E-state index in [9.17, 15) is 0 Å². The predicted molar refractivity (Wildman–Crippen MR) is 96.5 cm³/mol. The number of rotatable bonds is 8. The van der Waals surface area contributed by atoms with Crippen molar-refractivity contribution in [2.75, 3.05) is 38.2 Å². The Kier molecular flexibility index (Phi) is 6.40. The smallest absolute Gasteiger partial charge is 0.258 e. The summed E-state index contributed by atoms with van der Waals surface area (Å²) in [5, 5.41) is 10.5. The molecule has 0 saturated carbocycles. The number of hydrogen-bond acceptors (Lipinski definition) is 6. The van der Waals surface area contributed by atoms with Crippen molar-refractivity contribution in [2.45, 2.75) is 44.7 Å². The summed E-state index contributed by atoms with van der Waals surface area (Å²) in [4.78, 5) is 4.41. The van der Waals surface area contributed by atoms with Crippen molar-refractivity contribution in [1.82, 2.24) is 15.6 Å². The van der Waals surface area contributed by atoms with Gasteiger partial charge >= 0.3 is 0 Å². The standard InChI is InChI=1S/C17H27ClN4O2/c1-2-19-14-9-15(23-10-12-5-3-7-20-12)17(22-16(14)18)24-11-13-6-4-8-21-13/h9,12-13,19-21H,2-8,10-11H2,1H3/t12-,13-/m1/s1. The number of ether oxygens (including phenoxy) is 2. The van der Waals surface area contributed by atoms with Gasteiger partial charge in [0.2, 0.25) is 0 Å². The van der Waals surface area contributed by atoms with Crippen molar-refractivity contribution >= 4 is 17.3 Å². The number of aromatic nitrogens is 1. The van der Waals surface area contributed by atoms with Crippen LogP contribution < -0.4 is 25.4 Å². The molecule has 7 heteroatoms. The minimum atomic E-state index is 0.378. The monoisotopic (exact) mass is 354 g/mol. The fraction of sp³-hybridized carbons (Fsp3) is 0.706. The molecule has 3 N–H and O–H groups in total. The first-order valence-electron chi connectivity index (χ1n) is 8.93. The number of nitrogens with one attached hydrogen (secondary N) is 3. The largest absolute Gasteiger partial charge is 0.486 e. The van der Waals surface area contributed by atoms with Crippen molar-refractivity contribution in [3.05, 3.63) is 11.2 Å². The highest BCUT2D eigenvalue weighted by atomic mass is 35.5. The minimum Gasteiger partial charge on any atom is -0.486 e. The number of halogens is 1. The van der Waals surface area contributed by atoms with Crippen molar-refractivity contribution in [1.29, 1.82) is 0 Å². The van der Waals surface area contributed by atoms with Gasteiger partial charge in [-0.2, -0.15) is 4.98 Å². The molecule has 3 rings (SSSR count). The summed E-state index contributed by atoms with van der Waals surface area (Å²) >= 11 is 6.27. The van der Waals surface area contributed by atoms with Gasteiger partial charge in [-0.15, -0.1) is 0 Å². The van der Waals surface area contributed by atoms with Gasteiger partial charge in [-0.05, 0) is 45.7 Å². The van der Waals surface area contributed by atoms with E-state index in [-0.39, 0.29) is 0 Å². The van der Waals surface area contributed by atoms with Gasteiger partial charge in [-0.1, -0.05) is 11.6 Å². The van der Waals surface area contributed by atoms with Crippen LogP contribution in [0.1, 0.15) is 32.6 Å². The zero-order valence-corrected chi connectivity index (χ0v) is 15.0. The van der Waals surface area contributed by atoms with Crippen molar-refractivity contribution in [3.8, 4) is 11.6 Å². The first kappa shape index (κ1) is 17.6. The highest BCUT2D eigenvalue weighted by Gasteiger charge is 2.20. The van der Waals surface area contributed by atoms with Gasteiger partial charge in [-0.25, -0.2) is 0 Å². The van der Waals surface area contributed by atoms with E-state index < -0.39 is 0 Å². The SMILES string of the molecule is CCNc1cc(OC[C@H]2CCCN2)c(OC[C@H]2CCCN2)nc1Cl. The van der Waals surface area contributed by atoms with Crippen molar-refractivity contribution < 1.29 is 9.47 Å². The number of pyridine rings is 1. The van der Waals surface area contributed by atoms with E-state index in [0.717, 1.165) is 38.2 Å². The first-order valence-corrected chi connectivity index (χ1v) is 9.31. The molecule has 0 amide bonds. The van der Waals surface area contributed by atoms with E-state index in [1.54, 1.807) is 0 Å². The molecule has 3 heterocycles. The maximum atomic E-state index is 6.27. The normalized spacial score (nSPS) is 23.4. The summed E-state index contributed by atoms with van der Waals surface area (Å²) < 4.78 is 11.9. The van der Waals surface area contributed by atoms with Crippen LogP contribution in [0.4, 0.5) is 5.69 Å². The van der Waals surface area contributed by atoms with Gasteiger partial charge in [0.05, 0.1) is 5.69 Å². The molecule has 2 atom stereocenters. The fourth-order valence-electron chi connectivity index (χ4n) is 3.15. The summed E-state index contributed by atoms with van der Waals surface area (Å²) in [7, 11) is 0. The summed E-state index contributed by atoms with van der Waals surface area (Å²) in [5.41, 5.74) is 0.778. The molecule has 6 nitrogen and oxygen atoms in total. The van der Waals surface area contributed by atoms with Gasteiger partial charge < -0.3 is 25.4 Å². The Morgan fingerprint density at radius 2 is 1.83 bits per heavy atom. The second-order valence-corrected chi connectivity index (χ2v) is 6.73. The number of anilines is 1. The molecular formula is C17H27ClN4O2. The Hall–Kier alpha value is -1.24. The Morgan fingerprint density at radius 1 is 1.17 bits per heavy atom. The van der Waals surface area contributed by atoms with Crippen LogP contribution in [0.25, 0.3) is 0 Å². The summed E-state index contributed by atoms with van der Waals surface area (Å²) in [5.74, 6) is 1.13. The lowest BCUT2D eigenvalue weighted by Crippen LogP contribution is -2.29. The fourth-order valence-corrected chi connectivity index (χ4v) is 3.34. The lowest BCUT2D eigenvalue weighted by molar-refractivity contribution is 0.228. The van der Waals surface area contributed by atoms with Crippen LogP contribution in [0.15, 0.2) is 6.07 Å². The molecular weight excluding hydrogens is 328 g/mol.